The monoisotopic (exact) mass is 326 g/mol. The number of carbonyl (C=O) groups excluding carboxylic acids is 1. The number of fused-ring (bicyclic) bond motifs is 1. The molecule has 6 heteroatoms. The Labute approximate surface area is 120 Å². The summed E-state index contributed by atoms with van der Waals surface area (Å²) < 4.78 is 11.8. The molecule has 102 valence electrons. The maximum absolute atomic E-state index is 12.4. The fourth-order valence-corrected chi connectivity index (χ4v) is 2.84. The highest BCUT2D eigenvalue weighted by molar-refractivity contribution is 9.10. The lowest BCUT2D eigenvalue weighted by atomic mass is 10.1. The van der Waals surface area contributed by atoms with Crippen molar-refractivity contribution in [2.45, 2.75) is 0 Å². The normalized spacial score (nSPS) is 18.3. The Balaban J connectivity index is 1.88. The van der Waals surface area contributed by atoms with E-state index in [0.717, 1.165) is 30.7 Å². The number of nitrogens with one attached hydrogen (secondary N) is 1. The van der Waals surface area contributed by atoms with Crippen LogP contribution in [0.3, 0.4) is 0 Å². The first kappa shape index (κ1) is 12.7. The Morgan fingerprint density at radius 3 is 2.74 bits per heavy atom. The minimum atomic E-state index is 0.0409. The summed E-state index contributed by atoms with van der Waals surface area (Å²) in [6.45, 7) is 4.23. The van der Waals surface area contributed by atoms with Crippen LogP contribution in [0, 0.1) is 0 Å². The number of amides is 1. The number of halogens is 1. The van der Waals surface area contributed by atoms with E-state index in [4.69, 9.17) is 9.47 Å². The van der Waals surface area contributed by atoms with E-state index in [-0.39, 0.29) is 5.91 Å². The van der Waals surface area contributed by atoms with Crippen molar-refractivity contribution >= 4 is 21.8 Å². The highest BCUT2D eigenvalue weighted by atomic mass is 79.9. The molecular formula is C13H15BrN2O3. The minimum Gasteiger partial charge on any atom is -0.486 e. The van der Waals surface area contributed by atoms with Crippen molar-refractivity contribution < 1.29 is 14.3 Å². The highest BCUT2D eigenvalue weighted by Gasteiger charge is 2.22. The Kier molecular flexibility index (Phi) is 3.61. The second kappa shape index (κ2) is 5.38. The van der Waals surface area contributed by atoms with Crippen LogP contribution in [0.2, 0.25) is 0 Å². The molecule has 1 aromatic carbocycles. The molecule has 0 bridgehead atoms. The van der Waals surface area contributed by atoms with Crippen LogP contribution in [0.25, 0.3) is 0 Å². The molecule has 2 aliphatic heterocycles. The number of hydrogen-bond donors (Lipinski definition) is 1. The fourth-order valence-electron chi connectivity index (χ4n) is 2.28. The lowest BCUT2D eigenvalue weighted by Crippen LogP contribution is -2.46. The highest BCUT2D eigenvalue weighted by Crippen LogP contribution is 2.38. The van der Waals surface area contributed by atoms with Gasteiger partial charge in [-0.25, -0.2) is 0 Å². The molecule has 0 aliphatic carbocycles. The van der Waals surface area contributed by atoms with Gasteiger partial charge in [0.05, 0.1) is 4.47 Å². The predicted molar refractivity (Wildman–Crippen MR) is 73.9 cm³/mol. The molecule has 2 aliphatic rings. The van der Waals surface area contributed by atoms with Gasteiger partial charge in [0, 0.05) is 31.7 Å². The van der Waals surface area contributed by atoms with E-state index in [1.165, 1.54) is 0 Å². The molecule has 2 heterocycles. The third-order valence-electron chi connectivity index (χ3n) is 3.25. The average molecular weight is 327 g/mol. The smallest absolute Gasteiger partial charge is 0.254 e. The molecule has 1 aromatic rings. The quantitative estimate of drug-likeness (QED) is 0.844. The number of hydrogen-bond acceptors (Lipinski definition) is 4. The molecule has 1 saturated heterocycles. The number of piperazine rings is 1. The van der Waals surface area contributed by atoms with Crippen molar-refractivity contribution in [3.63, 3.8) is 0 Å². The molecule has 1 fully saturated rings. The zero-order valence-electron chi connectivity index (χ0n) is 10.4. The average Bonchev–Trinajstić information content (AvgIpc) is 2.47. The van der Waals surface area contributed by atoms with Gasteiger partial charge in [-0.1, -0.05) is 0 Å². The van der Waals surface area contributed by atoms with Crippen LogP contribution in [0.4, 0.5) is 0 Å². The zero-order chi connectivity index (χ0) is 13.2. The van der Waals surface area contributed by atoms with Crippen LogP contribution in [0.1, 0.15) is 10.4 Å². The van der Waals surface area contributed by atoms with Crippen LogP contribution >= 0.6 is 15.9 Å². The first-order chi connectivity index (χ1) is 9.25. The molecule has 0 spiro atoms. The summed E-state index contributed by atoms with van der Waals surface area (Å²) in [4.78, 5) is 14.3. The lowest BCUT2D eigenvalue weighted by molar-refractivity contribution is 0.0734. The molecule has 0 saturated carbocycles. The van der Waals surface area contributed by atoms with Gasteiger partial charge in [-0.2, -0.15) is 0 Å². The van der Waals surface area contributed by atoms with Crippen molar-refractivity contribution in [3.8, 4) is 11.5 Å². The predicted octanol–water partition coefficient (Wildman–Crippen LogP) is 1.27. The van der Waals surface area contributed by atoms with Crippen LogP contribution in [-0.2, 0) is 0 Å². The first-order valence-corrected chi connectivity index (χ1v) is 7.14. The van der Waals surface area contributed by atoms with E-state index >= 15 is 0 Å². The van der Waals surface area contributed by atoms with Crippen LogP contribution < -0.4 is 14.8 Å². The molecule has 19 heavy (non-hydrogen) atoms. The van der Waals surface area contributed by atoms with Crippen molar-refractivity contribution in [2.75, 3.05) is 39.4 Å². The maximum atomic E-state index is 12.4. The lowest BCUT2D eigenvalue weighted by Gasteiger charge is -2.28. The minimum absolute atomic E-state index is 0.0409. The SMILES string of the molecule is O=C(c1cc(Br)c2c(c1)OCCO2)N1CCNCC1. The third kappa shape index (κ3) is 2.55. The van der Waals surface area contributed by atoms with E-state index < -0.39 is 0 Å². The van der Waals surface area contributed by atoms with Gasteiger partial charge in [0.2, 0.25) is 0 Å². The fraction of sp³-hybridized carbons (Fsp3) is 0.462. The molecule has 0 aromatic heterocycles. The molecule has 0 radical (unpaired) electrons. The number of carbonyl (C=O) groups is 1. The summed E-state index contributed by atoms with van der Waals surface area (Å²) in [5, 5.41) is 3.23. The first-order valence-electron chi connectivity index (χ1n) is 6.35. The van der Waals surface area contributed by atoms with Crippen molar-refractivity contribution in [1.29, 1.82) is 0 Å². The van der Waals surface area contributed by atoms with E-state index in [9.17, 15) is 4.79 Å². The van der Waals surface area contributed by atoms with E-state index in [2.05, 4.69) is 21.2 Å². The summed E-state index contributed by atoms with van der Waals surface area (Å²) in [7, 11) is 0. The van der Waals surface area contributed by atoms with E-state index in [1.54, 1.807) is 12.1 Å². The van der Waals surface area contributed by atoms with Crippen molar-refractivity contribution in [2.24, 2.45) is 0 Å². The van der Waals surface area contributed by atoms with Gasteiger partial charge >= 0.3 is 0 Å². The molecule has 5 nitrogen and oxygen atoms in total. The standard InChI is InChI=1S/C13H15BrN2O3/c14-10-7-9(8-11-12(10)19-6-5-18-11)13(17)16-3-1-15-2-4-16/h7-8,15H,1-6H2. The Morgan fingerprint density at radius 1 is 1.21 bits per heavy atom. The molecule has 0 unspecified atom stereocenters. The molecular weight excluding hydrogens is 312 g/mol. The topological polar surface area (TPSA) is 50.8 Å². The van der Waals surface area contributed by atoms with Crippen LogP contribution in [-0.4, -0.2) is 50.2 Å². The maximum Gasteiger partial charge on any atom is 0.254 e. The summed E-state index contributed by atoms with van der Waals surface area (Å²) in [6, 6.07) is 3.57. The number of rotatable bonds is 1. The van der Waals surface area contributed by atoms with E-state index in [0.29, 0.717) is 30.3 Å². The Bertz CT molecular complexity index is 501. The van der Waals surface area contributed by atoms with Gasteiger partial charge in [0.15, 0.2) is 11.5 Å². The number of benzene rings is 1. The Morgan fingerprint density at radius 2 is 1.95 bits per heavy atom. The molecule has 0 atom stereocenters. The Hall–Kier alpha value is -1.27. The molecule has 3 rings (SSSR count). The molecule has 1 N–H and O–H groups in total. The van der Waals surface area contributed by atoms with Crippen LogP contribution in [0.5, 0.6) is 11.5 Å². The second-order valence-corrected chi connectivity index (χ2v) is 5.38. The summed E-state index contributed by atoms with van der Waals surface area (Å²) in [6.07, 6.45) is 0. The number of ether oxygens (including phenoxy) is 2. The second-order valence-electron chi connectivity index (χ2n) is 4.52. The van der Waals surface area contributed by atoms with Gasteiger partial charge < -0.3 is 19.7 Å². The third-order valence-corrected chi connectivity index (χ3v) is 3.84. The van der Waals surface area contributed by atoms with Crippen molar-refractivity contribution in [1.82, 2.24) is 10.2 Å². The van der Waals surface area contributed by atoms with Gasteiger partial charge in [0.1, 0.15) is 13.2 Å². The van der Waals surface area contributed by atoms with Crippen LogP contribution in [0.15, 0.2) is 16.6 Å². The summed E-state index contributed by atoms with van der Waals surface area (Å²) >= 11 is 3.44. The molecule has 1 amide bonds. The largest absolute Gasteiger partial charge is 0.486 e. The number of nitrogens with zero attached hydrogens (tertiary/aromatic N) is 1. The summed E-state index contributed by atoms with van der Waals surface area (Å²) in [5.74, 6) is 1.36. The van der Waals surface area contributed by atoms with Gasteiger partial charge in [0.25, 0.3) is 5.91 Å². The van der Waals surface area contributed by atoms with Crippen molar-refractivity contribution in [3.05, 3.63) is 22.2 Å². The van der Waals surface area contributed by atoms with Gasteiger partial charge in [-0.15, -0.1) is 0 Å². The zero-order valence-corrected chi connectivity index (χ0v) is 12.0. The summed E-state index contributed by atoms with van der Waals surface area (Å²) in [5.41, 5.74) is 0.637. The van der Waals surface area contributed by atoms with E-state index in [1.807, 2.05) is 4.90 Å². The van der Waals surface area contributed by atoms with Gasteiger partial charge in [-0.3, -0.25) is 4.79 Å². The van der Waals surface area contributed by atoms with Gasteiger partial charge in [-0.05, 0) is 28.1 Å².